The SMILES string of the molecule is CC(Cl)c1nc2cc(Br)c(F)cc2n1CC1CCSC1. The number of nitrogens with zero attached hydrogens (tertiary/aromatic N) is 2. The van der Waals surface area contributed by atoms with Gasteiger partial charge >= 0.3 is 0 Å². The van der Waals surface area contributed by atoms with Crippen LogP contribution in [0.4, 0.5) is 4.39 Å². The Morgan fingerprint density at radius 2 is 2.40 bits per heavy atom. The number of aromatic nitrogens is 2. The third-order valence-electron chi connectivity index (χ3n) is 3.64. The van der Waals surface area contributed by atoms with Crippen molar-refractivity contribution in [3.63, 3.8) is 0 Å². The maximum absolute atomic E-state index is 13.8. The molecule has 2 atom stereocenters. The minimum absolute atomic E-state index is 0.182. The van der Waals surface area contributed by atoms with Crippen LogP contribution in [0.1, 0.15) is 24.5 Å². The molecule has 108 valence electrons. The van der Waals surface area contributed by atoms with Crippen LogP contribution in [0.15, 0.2) is 16.6 Å². The zero-order chi connectivity index (χ0) is 14.3. The lowest BCUT2D eigenvalue weighted by atomic mass is 10.1. The van der Waals surface area contributed by atoms with Gasteiger partial charge in [-0.05, 0) is 52.8 Å². The third-order valence-corrected chi connectivity index (χ3v) is 5.67. The van der Waals surface area contributed by atoms with Crippen LogP contribution in [0.2, 0.25) is 0 Å². The minimum atomic E-state index is -0.256. The van der Waals surface area contributed by atoms with Gasteiger partial charge < -0.3 is 4.57 Å². The van der Waals surface area contributed by atoms with Crippen LogP contribution < -0.4 is 0 Å². The van der Waals surface area contributed by atoms with Gasteiger partial charge in [-0.1, -0.05) is 0 Å². The van der Waals surface area contributed by atoms with E-state index in [1.807, 2.05) is 18.7 Å². The van der Waals surface area contributed by atoms with Crippen LogP contribution in [0.5, 0.6) is 0 Å². The molecular formula is C14H15BrClFN2S. The van der Waals surface area contributed by atoms with Crippen LogP contribution >= 0.6 is 39.3 Å². The van der Waals surface area contributed by atoms with Crippen molar-refractivity contribution >= 4 is 50.3 Å². The van der Waals surface area contributed by atoms with Crippen LogP contribution in [0, 0.1) is 11.7 Å². The van der Waals surface area contributed by atoms with E-state index in [2.05, 4.69) is 25.5 Å². The molecule has 0 N–H and O–H groups in total. The normalized spacial score (nSPS) is 20.7. The van der Waals surface area contributed by atoms with E-state index in [1.54, 1.807) is 12.1 Å². The Bertz CT molecular complexity index is 638. The second-order valence-electron chi connectivity index (χ2n) is 5.18. The van der Waals surface area contributed by atoms with E-state index in [4.69, 9.17) is 11.6 Å². The zero-order valence-electron chi connectivity index (χ0n) is 11.1. The van der Waals surface area contributed by atoms with E-state index in [1.165, 1.54) is 12.2 Å². The standard InChI is InChI=1S/C14H15BrClFN2S/c1-8(16)14-18-12-4-10(15)11(17)5-13(12)19(14)6-9-2-3-20-7-9/h4-5,8-9H,2-3,6-7H2,1H3. The Kier molecular flexibility index (Phi) is 4.29. The molecule has 2 nitrogen and oxygen atoms in total. The van der Waals surface area contributed by atoms with Crippen molar-refractivity contribution in [1.82, 2.24) is 9.55 Å². The van der Waals surface area contributed by atoms with Crippen LogP contribution in [-0.4, -0.2) is 21.1 Å². The molecule has 0 spiro atoms. The number of alkyl halides is 1. The predicted molar refractivity (Wildman–Crippen MR) is 87.1 cm³/mol. The van der Waals surface area contributed by atoms with Crippen molar-refractivity contribution in [2.45, 2.75) is 25.3 Å². The van der Waals surface area contributed by atoms with Gasteiger partial charge in [0.05, 0.1) is 20.9 Å². The van der Waals surface area contributed by atoms with E-state index >= 15 is 0 Å². The molecule has 0 amide bonds. The molecule has 0 radical (unpaired) electrons. The summed E-state index contributed by atoms with van der Waals surface area (Å²) >= 11 is 11.4. The molecule has 1 aliphatic rings. The highest BCUT2D eigenvalue weighted by molar-refractivity contribution is 9.10. The molecule has 0 bridgehead atoms. The number of rotatable bonds is 3. The molecule has 0 saturated carbocycles. The molecule has 0 aliphatic carbocycles. The van der Waals surface area contributed by atoms with Crippen LogP contribution in [-0.2, 0) is 6.54 Å². The molecule has 20 heavy (non-hydrogen) atoms. The summed E-state index contributed by atoms with van der Waals surface area (Å²) < 4.78 is 16.4. The maximum atomic E-state index is 13.8. The molecule has 2 aromatic rings. The smallest absolute Gasteiger partial charge is 0.139 e. The Hall–Kier alpha value is -0.260. The highest BCUT2D eigenvalue weighted by atomic mass is 79.9. The van der Waals surface area contributed by atoms with Crippen molar-refractivity contribution in [2.75, 3.05) is 11.5 Å². The summed E-state index contributed by atoms with van der Waals surface area (Å²) in [6.45, 7) is 2.78. The third kappa shape index (κ3) is 2.72. The van der Waals surface area contributed by atoms with Gasteiger partial charge in [0.15, 0.2) is 0 Å². The zero-order valence-corrected chi connectivity index (χ0v) is 14.2. The summed E-state index contributed by atoms with van der Waals surface area (Å²) in [5.74, 6) is 3.57. The molecular weight excluding hydrogens is 363 g/mol. The number of benzene rings is 1. The second-order valence-corrected chi connectivity index (χ2v) is 7.84. The van der Waals surface area contributed by atoms with E-state index in [0.29, 0.717) is 10.4 Å². The van der Waals surface area contributed by atoms with Crippen LogP contribution in [0.3, 0.4) is 0 Å². The first-order chi connectivity index (χ1) is 9.56. The quantitative estimate of drug-likeness (QED) is 0.701. The van der Waals surface area contributed by atoms with E-state index in [-0.39, 0.29) is 11.2 Å². The summed E-state index contributed by atoms with van der Waals surface area (Å²) in [7, 11) is 0. The average Bonchev–Trinajstić information content (AvgIpc) is 3.00. The van der Waals surface area contributed by atoms with Gasteiger partial charge in [0.1, 0.15) is 11.6 Å². The largest absolute Gasteiger partial charge is 0.326 e. The van der Waals surface area contributed by atoms with Crippen molar-refractivity contribution < 1.29 is 4.39 Å². The Morgan fingerprint density at radius 3 is 3.05 bits per heavy atom. The highest BCUT2D eigenvalue weighted by Gasteiger charge is 2.22. The lowest BCUT2D eigenvalue weighted by Crippen LogP contribution is -2.13. The molecule has 1 saturated heterocycles. The fraction of sp³-hybridized carbons (Fsp3) is 0.500. The Labute approximate surface area is 135 Å². The fourth-order valence-electron chi connectivity index (χ4n) is 2.62. The lowest BCUT2D eigenvalue weighted by molar-refractivity contribution is 0.488. The molecule has 1 fully saturated rings. The topological polar surface area (TPSA) is 17.8 Å². The van der Waals surface area contributed by atoms with Crippen molar-refractivity contribution in [2.24, 2.45) is 5.92 Å². The summed E-state index contributed by atoms with van der Waals surface area (Å²) in [5, 5.41) is -0.182. The molecule has 2 heterocycles. The maximum Gasteiger partial charge on any atom is 0.139 e. The molecule has 3 rings (SSSR count). The van der Waals surface area contributed by atoms with E-state index in [0.717, 1.165) is 29.2 Å². The number of hydrogen-bond donors (Lipinski definition) is 0. The molecule has 1 aliphatic heterocycles. The van der Waals surface area contributed by atoms with Gasteiger partial charge in [0, 0.05) is 12.6 Å². The van der Waals surface area contributed by atoms with Gasteiger partial charge in [-0.15, -0.1) is 11.6 Å². The number of halogens is 3. The number of fused-ring (bicyclic) bond motifs is 1. The molecule has 1 aromatic carbocycles. The molecule has 2 unspecified atom stereocenters. The van der Waals surface area contributed by atoms with Crippen LogP contribution in [0.25, 0.3) is 11.0 Å². The highest BCUT2D eigenvalue weighted by Crippen LogP contribution is 2.31. The van der Waals surface area contributed by atoms with Crippen molar-refractivity contribution in [3.8, 4) is 0 Å². The minimum Gasteiger partial charge on any atom is -0.326 e. The summed E-state index contributed by atoms with van der Waals surface area (Å²) in [6.07, 6.45) is 1.21. The Balaban J connectivity index is 2.10. The summed E-state index contributed by atoms with van der Waals surface area (Å²) in [4.78, 5) is 4.58. The van der Waals surface area contributed by atoms with Crippen molar-refractivity contribution in [3.05, 3.63) is 28.2 Å². The lowest BCUT2D eigenvalue weighted by Gasteiger charge is -2.14. The molecule has 1 aromatic heterocycles. The van der Waals surface area contributed by atoms with Gasteiger partial charge in [-0.25, -0.2) is 9.37 Å². The monoisotopic (exact) mass is 376 g/mol. The first kappa shape index (κ1) is 14.7. The first-order valence-electron chi connectivity index (χ1n) is 6.63. The van der Waals surface area contributed by atoms with E-state index in [9.17, 15) is 4.39 Å². The number of hydrogen-bond acceptors (Lipinski definition) is 2. The predicted octanol–water partition coefficient (Wildman–Crippen LogP) is 4.99. The average molecular weight is 378 g/mol. The van der Waals surface area contributed by atoms with Gasteiger partial charge in [0.2, 0.25) is 0 Å². The summed E-state index contributed by atoms with van der Waals surface area (Å²) in [6, 6.07) is 3.28. The van der Waals surface area contributed by atoms with Gasteiger partial charge in [-0.2, -0.15) is 11.8 Å². The number of thioether (sulfide) groups is 1. The second kappa shape index (κ2) is 5.85. The van der Waals surface area contributed by atoms with E-state index < -0.39 is 0 Å². The van der Waals surface area contributed by atoms with Gasteiger partial charge in [0.25, 0.3) is 0 Å². The Morgan fingerprint density at radius 1 is 1.60 bits per heavy atom. The van der Waals surface area contributed by atoms with Crippen molar-refractivity contribution in [1.29, 1.82) is 0 Å². The first-order valence-corrected chi connectivity index (χ1v) is 9.01. The molecule has 6 heteroatoms. The number of imidazole rings is 1. The summed E-state index contributed by atoms with van der Waals surface area (Å²) in [5.41, 5.74) is 1.64. The fourth-order valence-corrected chi connectivity index (χ4v) is 4.39. The van der Waals surface area contributed by atoms with Gasteiger partial charge in [-0.3, -0.25) is 0 Å².